The third-order valence-electron chi connectivity index (χ3n) is 3.93. The minimum atomic E-state index is -1.82. The Hall–Kier alpha value is -2.13. The molecule has 1 atom stereocenters. The first-order valence-corrected chi connectivity index (χ1v) is 8.43. The Balaban J connectivity index is 2.10. The van der Waals surface area contributed by atoms with E-state index in [1.807, 2.05) is 12.1 Å². The van der Waals surface area contributed by atoms with Gasteiger partial charge < -0.3 is 5.11 Å². The molecule has 0 saturated heterocycles. The van der Waals surface area contributed by atoms with E-state index in [2.05, 4.69) is 39.3 Å². The highest BCUT2D eigenvalue weighted by Crippen LogP contribution is 2.38. The van der Waals surface area contributed by atoms with Crippen LogP contribution >= 0.6 is 22.6 Å². The van der Waals surface area contributed by atoms with Gasteiger partial charge >= 0.3 is 0 Å². The van der Waals surface area contributed by atoms with E-state index in [1.165, 1.54) is 23.4 Å². The summed E-state index contributed by atoms with van der Waals surface area (Å²) in [6.45, 7) is 3.86. The predicted molar refractivity (Wildman–Crippen MR) is 98.5 cm³/mol. The monoisotopic (exact) mass is 453 g/mol. The van der Waals surface area contributed by atoms with Crippen molar-refractivity contribution in [1.29, 1.82) is 0 Å². The van der Waals surface area contributed by atoms with Gasteiger partial charge in [0.2, 0.25) is 0 Å². The second-order valence-electron chi connectivity index (χ2n) is 5.56. The van der Waals surface area contributed by atoms with Crippen LogP contribution in [0.4, 0.5) is 8.78 Å². The average Bonchev–Trinajstić information content (AvgIpc) is 3.07. The van der Waals surface area contributed by atoms with Crippen molar-refractivity contribution in [3.8, 4) is 0 Å². The van der Waals surface area contributed by atoms with Crippen molar-refractivity contribution >= 4 is 28.2 Å². The molecular formula is C18H14F2IN3O. The van der Waals surface area contributed by atoms with Crippen LogP contribution in [0.5, 0.6) is 0 Å². The molecule has 0 aliphatic rings. The predicted octanol–water partition coefficient (Wildman–Crippen LogP) is 3.76. The first kappa shape index (κ1) is 17.7. The third-order valence-corrected chi connectivity index (χ3v) is 4.65. The Labute approximate surface area is 157 Å². The lowest BCUT2D eigenvalue weighted by Gasteiger charge is -2.31. The fourth-order valence-electron chi connectivity index (χ4n) is 2.61. The number of benzene rings is 2. The number of hydrogen-bond donors (Lipinski definition) is 1. The molecular weight excluding hydrogens is 439 g/mol. The van der Waals surface area contributed by atoms with Crippen molar-refractivity contribution in [1.82, 2.24) is 14.8 Å². The van der Waals surface area contributed by atoms with E-state index in [4.69, 9.17) is 0 Å². The van der Waals surface area contributed by atoms with Crippen LogP contribution in [0, 0.1) is 15.2 Å². The number of halogens is 3. The van der Waals surface area contributed by atoms with Gasteiger partial charge in [-0.2, -0.15) is 5.10 Å². The molecule has 1 N–H and O–H groups in total. The van der Waals surface area contributed by atoms with Crippen molar-refractivity contribution in [2.24, 2.45) is 0 Å². The van der Waals surface area contributed by atoms with Gasteiger partial charge in [0.05, 0.1) is 6.54 Å². The van der Waals surface area contributed by atoms with Gasteiger partial charge in [0.1, 0.15) is 29.9 Å². The number of aromatic nitrogens is 3. The molecule has 0 amide bonds. The first-order valence-electron chi connectivity index (χ1n) is 7.36. The number of rotatable bonds is 5. The second kappa shape index (κ2) is 7.01. The first-order chi connectivity index (χ1) is 11.9. The molecule has 0 spiro atoms. The largest absolute Gasteiger partial charge is 0.378 e. The van der Waals surface area contributed by atoms with Crippen LogP contribution in [0.1, 0.15) is 11.1 Å². The van der Waals surface area contributed by atoms with Crippen LogP contribution in [-0.2, 0) is 12.1 Å². The molecule has 1 heterocycles. The average molecular weight is 453 g/mol. The molecule has 3 rings (SSSR count). The summed E-state index contributed by atoms with van der Waals surface area (Å²) in [6.07, 6.45) is 2.72. The molecule has 0 unspecified atom stereocenters. The van der Waals surface area contributed by atoms with Gasteiger partial charge in [-0.3, -0.25) is 0 Å². The third kappa shape index (κ3) is 3.62. The van der Waals surface area contributed by atoms with Crippen molar-refractivity contribution in [2.45, 2.75) is 12.1 Å². The van der Waals surface area contributed by atoms with Crippen LogP contribution in [-0.4, -0.2) is 19.9 Å². The Morgan fingerprint density at radius 3 is 2.52 bits per heavy atom. The number of nitrogens with zero attached hydrogens (tertiary/aromatic N) is 3. The quantitative estimate of drug-likeness (QED) is 0.599. The molecule has 3 aromatic rings. The lowest BCUT2D eigenvalue weighted by molar-refractivity contribution is 0.0726. The van der Waals surface area contributed by atoms with Crippen LogP contribution < -0.4 is 0 Å². The highest BCUT2D eigenvalue weighted by Gasteiger charge is 2.37. The van der Waals surface area contributed by atoms with Gasteiger partial charge in [0, 0.05) is 15.2 Å². The molecule has 0 radical (unpaired) electrons. The summed E-state index contributed by atoms with van der Waals surface area (Å²) >= 11 is 2.16. The molecule has 1 aromatic heterocycles. The van der Waals surface area contributed by atoms with E-state index < -0.39 is 17.2 Å². The fourth-order valence-corrected chi connectivity index (χ4v) is 2.97. The minimum Gasteiger partial charge on any atom is -0.378 e. The molecule has 7 heteroatoms. The Bertz CT molecular complexity index is 897. The van der Waals surface area contributed by atoms with Gasteiger partial charge in [-0.1, -0.05) is 18.7 Å². The molecule has 0 aliphatic carbocycles. The zero-order valence-electron chi connectivity index (χ0n) is 13.0. The van der Waals surface area contributed by atoms with Crippen LogP contribution in [0.25, 0.3) is 5.57 Å². The lowest BCUT2D eigenvalue weighted by Crippen LogP contribution is -2.34. The van der Waals surface area contributed by atoms with E-state index in [9.17, 15) is 13.9 Å². The van der Waals surface area contributed by atoms with Gasteiger partial charge in [0.15, 0.2) is 0 Å². The maximum Gasteiger partial charge on any atom is 0.137 e. The Morgan fingerprint density at radius 1 is 1.20 bits per heavy atom. The fraction of sp³-hybridized carbons (Fsp3) is 0.111. The van der Waals surface area contributed by atoms with Gasteiger partial charge in [-0.25, -0.2) is 18.4 Å². The Morgan fingerprint density at radius 2 is 1.92 bits per heavy atom. The van der Waals surface area contributed by atoms with Crippen molar-refractivity contribution in [2.75, 3.05) is 0 Å². The smallest absolute Gasteiger partial charge is 0.137 e. The summed E-state index contributed by atoms with van der Waals surface area (Å²) in [7, 11) is 0. The normalized spacial score (nSPS) is 13.4. The lowest BCUT2D eigenvalue weighted by atomic mass is 9.82. The zero-order valence-corrected chi connectivity index (χ0v) is 15.2. The van der Waals surface area contributed by atoms with Crippen molar-refractivity contribution in [3.05, 3.63) is 88.0 Å². The highest BCUT2D eigenvalue weighted by molar-refractivity contribution is 14.1. The van der Waals surface area contributed by atoms with Gasteiger partial charge in [-0.05, 0) is 58.0 Å². The summed E-state index contributed by atoms with van der Waals surface area (Å²) in [6, 6.07) is 10.4. The molecule has 4 nitrogen and oxygen atoms in total. The molecule has 2 aromatic carbocycles. The van der Waals surface area contributed by atoms with Crippen molar-refractivity contribution in [3.63, 3.8) is 0 Å². The van der Waals surface area contributed by atoms with Crippen molar-refractivity contribution < 1.29 is 13.9 Å². The topological polar surface area (TPSA) is 50.9 Å². The minimum absolute atomic E-state index is 0.0760. The maximum absolute atomic E-state index is 14.4. The summed E-state index contributed by atoms with van der Waals surface area (Å²) in [4.78, 5) is 3.84. The standard InChI is InChI=1S/C18H14F2IN3O/c1-12(13-2-5-15(21)6-3-13)18(25,9-24-11-22-10-23-24)16-7-4-14(19)8-17(16)20/h2-8,10-11,25H,1,9H2/t18-/m1/s1. The molecule has 25 heavy (non-hydrogen) atoms. The molecule has 0 fully saturated rings. The van der Waals surface area contributed by atoms with Crippen LogP contribution in [0.2, 0.25) is 0 Å². The maximum atomic E-state index is 14.4. The second-order valence-corrected chi connectivity index (χ2v) is 6.81. The SMILES string of the molecule is C=C(c1ccc(I)cc1)[C@](O)(Cn1cncn1)c1ccc(F)cc1F. The van der Waals surface area contributed by atoms with Gasteiger partial charge in [0.25, 0.3) is 0 Å². The van der Waals surface area contributed by atoms with Crippen LogP contribution in [0.3, 0.4) is 0 Å². The number of aliphatic hydroxyl groups is 1. The molecule has 0 saturated carbocycles. The highest BCUT2D eigenvalue weighted by atomic mass is 127. The summed E-state index contributed by atoms with van der Waals surface area (Å²) in [5.41, 5.74) is -0.970. The molecule has 0 bridgehead atoms. The van der Waals surface area contributed by atoms with E-state index >= 15 is 0 Å². The van der Waals surface area contributed by atoms with Gasteiger partial charge in [-0.15, -0.1) is 0 Å². The van der Waals surface area contributed by atoms with E-state index in [-0.39, 0.29) is 17.7 Å². The molecule has 128 valence electrons. The Kier molecular flexibility index (Phi) is 4.96. The summed E-state index contributed by atoms with van der Waals surface area (Å²) in [5.74, 6) is -1.57. The van der Waals surface area contributed by atoms with E-state index in [0.29, 0.717) is 5.56 Å². The zero-order chi connectivity index (χ0) is 18.0. The summed E-state index contributed by atoms with van der Waals surface area (Å²) < 4.78 is 30.1. The van der Waals surface area contributed by atoms with Crippen LogP contribution in [0.15, 0.2) is 61.7 Å². The van der Waals surface area contributed by atoms with E-state index in [0.717, 1.165) is 15.7 Å². The number of hydrogen-bond acceptors (Lipinski definition) is 3. The summed E-state index contributed by atoms with van der Waals surface area (Å²) in [5, 5.41) is 15.3. The van der Waals surface area contributed by atoms with E-state index in [1.54, 1.807) is 12.1 Å². The molecule has 0 aliphatic heterocycles.